The average Bonchev–Trinajstić information content (AvgIpc) is 1.54. The van der Waals surface area contributed by atoms with E-state index in [2.05, 4.69) is 465 Å². The Morgan fingerprint density at radius 3 is 1.23 bits per heavy atom. The summed E-state index contributed by atoms with van der Waals surface area (Å²) in [5.74, 6) is 1.79. The lowest BCUT2D eigenvalue weighted by Crippen LogP contribution is -2.32. The highest BCUT2D eigenvalue weighted by Crippen LogP contribution is 2.67. The number of rotatable bonds is 8. The van der Waals surface area contributed by atoms with Gasteiger partial charge in [0.05, 0.1) is 27.3 Å². The smallest absolute Gasteiger partial charge is 0.137 e. The number of hydrogen-bond donors (Lipinski definition) is 3. The third-order valence-electron chi connectivity index (χ3n) is 30.0. The summed E-state index contributed by atoms with van der Waals surface area (Å²) in [7, 11) is 0. The number of benzene rings is 22. The normalized spacial score (nSPS) is 13.6. The molecule has 0 amide bonds. The molecule has 3 spiro atoms. The minimum absolute atomic E-state index is 0. The van der Waals surface area contributed by atoms with Crippen LogP contribution in [0.1, 0.15) is 74.2 Å². The molecule has 3 aliphatic heterocycles. The van der Waals surface area contributed by atoms with Gasteiger partial charge in [0.15, 0.2) is 0 Å². The first kappa shape index (κ1) is 82.7. The highest BCUT2D eigenvalue weighted by atomic mass is 32.2. The number of anilines is 6. The zero-order valence-electron chi connectivity index (χ0n) is 75.5. The highest BCUT2D eigenvalue weighted by Gasteiger charge is 2.54. The molecule has 141 heavy (non-hydrogen) atoms. The average molecular weight is 1870 g/mol. The Morgan fingerprint density at radius 1 is 0.206 bits per heavy atom. The Balaban J connectivity index is 0.000000103. The van der Waals surface area contributed by atoms with Crippen LogP contribution in [0.2, 0.25) is 0 Å². The predicted octanol–water partition coefficient (Wildman–Crippen LogP) is 37.3. The molecule has 25 aromatic rings. The summed E-state index contributed by atoms with van der Waals surface area (Å²) < 4.78 is 18.0. The van der Waals surface area contributed by atoms with Gasteiger partial charge in [-0.2, -0.15) is 0 Å². The van der Waals surface area contributed by atoms with E-state index in [-0.39, 0.29) is 7.43 Å². The fourth-order valence-electron chi connectivity index (χ4n) is 24.2. The zero-order chi connectivity index (χ0) is 91.9. The molecule has 6 heterocycles. The maximum absolute atomic E-state index is 6.71. The monoisotopic (exact) mass is 1870 g/mol. The van der Waals surface area contributed by atoms with Gasteiger partial charge in [-0.1, -0.05) is 371 Å². The van der Waals surface area contributed by atoms with E-state index < -0.39 is 16.2 Å². The van der Waals surface area contributed by atoms with Crippen LogP contribution in [0.25, 0.3) is 139 Å². The van der Waals surface area contributed by atoms with E-state index in [1.54, 1.807) is 0 Å². The molecule has 0 radical (unpaired) electrons. The topological polar surface area (TPSA) is 58.5 Å². The van der Waals surface area contributed by atoms with Crippen molar-refractivity contribution in [3.63, 3.8) is 0 Å². The van der Waals surface area contributed by atoms with Crippen LogP contribution in [0.4, 0.5) is 34.1 Å². The molecule has 0 saturated carbocycles. The second-order valence-electron chi connectivity index (χ2n) is 37.1. The first-order valence-electron chi connectivity index (χ1n) is 47.8. The summed E-state index contributed by atoms with van der Waals surface area (Å²) in [6.07, 6.45) is 0. The van der Waals surface area contributed by atoms with E-state index in [0.29, 0.717) is 0 Å². The van der Waals surface area contributed by atoms with Gasteiger partial charge in [0.25, 0.3) is 0 Å². The third kappa shape index (κ3) is 12.5. The minimum Gasteiger partial charge on any atom is -0.457 e. The van der Waals surface area contributed by atoms with Crippen LogP contribution in [0.3, 0.4) is 0 Å². The van der Waals surface area contributed by atoms with Gasteiger partial charge in [-0.25, -0.2) is 0 Å². The summed E-state index contributed by atoms with van der Waals surface area (Å²) >= 11 is 7.51. The Kier molecular flexibility index (Phi) is 19.1. The van der Waals surface area contributed by atoms with Crippen molar-refractivity contribution in [3.8, 4) is 67.1 Å². The van der Waals surface area contributed by atoms with Gasteiger partial charge in [0, 0.05) is 110 Å². The van der Waals surface area contributed by atoms with Crippen LogP contribution in [0, 0.1) is 0 Å². The van der Waals surface area contributed by atoms with Crippen molar-refractivity contribution in [1.29, 1.82) is 0 Å². The molecule has 0 saturated heterocycles. The van der Waals surface area contributed by atoms with E-state index in [9.17, 15) is 0 Å². The van der Waals surface area contributed by atoms with Gasteiger partial charge >= 0.3 is 0 Å². The lowest BCUT2D eigenvalue weighted by molar-refractivity contribution is 0.436. The van der Waals surface area contributed by atoms with Crippen LogP contribution in [0.5, 0.6) is 11.5 Å². The first-order valence-corrected chi connectivity index (χ1v) is 51.1. The lowest BCUT2D eigenvalue weighted by atomic mass is 9.66. The molecular formula is C132H85N3O2S4. The van der Waals surface area contributed by atoms with Crippen LogP contribution in [-0.2, 0) is 16.2 Å². The summed E-state index contributed by atoms with van der Waals surface area (Å²) in [6, 6.07) is 173. The van der Waals surface area contributed by atoms with E-state index >= 15 is 0 Å². The Hall–Kier alpha value is -16.5. The SMILES string of the molecule is C.c1ccc2c(c1)-c1ccccc1C21c2cc(Nc3cccc4sc5ccccc5c34)ccc2Sc2cc3ccccc3cc21.c1ccc2c(c1)Oc1cc(-c3ccc(Nc4cccc5oc6ccccc6c45)cc3)ccc1C21c2ccccc2-c2ccccc21.c1ccc2c(c1)Sc1ccc(-c3c(Nc4cccc5sc6ccccc6c45)ccc4ccccc34)cc1C21c2ccccc2-c2ccccc21. The second kappa shape index (κ2) is 32.6. The largest absolute Gasteiger partial charge is 0.457 e. The Morgan fingerprint density at radius 2 is 0.610 bits per heavy atom. The van der Waals surface area contributed by atoms with Crippen LogP contribution in [-0.4, -0.2) is 0 Å². The first-order chi connectivity index (χ1) is 69.4. The number of nitrogens with one attached hydrogen (secondary N) is 3. The molecule has 3 N–H and O–H groups in total. The molecule has 31 rings (SSSR count). The molecular weight excluding hydrogens is 1790 g/mol. The maximum atomic E-state index is 6.71. The van der Waals surface area contributed by atoms with Crippen molar-refractivity contribution in [2.24, 2.45) is 0 Å². The number of para-hydroxylation sites is 2. The highest BCUT2D eigenvalue weighted by molar-refractivity contribution is 7.99. The molecule has 9 heteroatoms. The maximum Gasteiger partial charge on any atom is 0.137 e. The van der Waals surface area contributed by atoms with Crippen molar-refractivity contribution in [3.05, 3.63) is 540 Å². The van der Waals surface area contributed by atoms with E-state index in [1.807, 2.05) is 70.5 Å². The predicted molar refractivity (Wildman–Crippen MR) is 594 cm³/mol. The number of thiophene rings is 2. The molecule has 0 unspecified atom stereocenters. The number of furan rings is 1. The Bertz CT molecular complexity index is 9390. The molecule has 3 aromatic heterocycles. The molecule has 0 fully saturated rings. The summed E-state index contributed by atoms with van der Waals surface area (Å²) in [5.41, 5.74) is 35.4. The lowest BCUT2D eigenvalue weighted by Gasteiger charge is -2.40. The molecule has 3 aliphatic carbocycles. The van der Waals surface area contributed by atoms with Gasteiger partial charge in [-0.3, -0.25) is 0 Å². The zero-order valence-corrected chi connectivity index (χ0v) is 78.7. The van der Waals surface area contributed by atoms with Gasteiger partial charge in [-0.15, -0.1) is 22.7 Å². The van der Waals surface area contributed by atoms with E-state index in [4.69, 9.17) is 9.15 Å². The number of hydrogen-bond acceptors (Lipinski definition) is 9. The van der Waals surface area contributed by atoms with E-state index in [1.165, 1.54) is 193 Å². The summed E-state index contributed by atoms with van der Waals surface area (Å²) in [5, 5.41) is 23.9. The molecule has 5 nitrogen and oxygen atoms in total. The molecule has 6 aliphatic rings. The van der Waals surface area contributed by atoms with Crippen LogP contribution >= 0.6 is 46.2 Å². The van der Waals surface area contributed by atoms with Gasteiger partial charge < -0.3 is 25.1 Å². The minimum atomic E-state index is -0.443. The molecule has 22 aromatic carbocycles. The molecule has 0 bridgehead atoms. The van der Waals surface area contributed by atoms with Gasteiger partial charge in [0.1, 0.15) is 22.7 Å². The van der Waals surface area contributed by atoms with Gasteiger partial charge in [-0.05, 0) is 261 Å². The third-order valence-corrected chi connectivity index (χ3v) is 34.5. The molecule has 664 valence electrons. The van der Waals surface area contributed by atoms with Crippen molar-refractivity contribution >= 4 is 164 Å². The quantitative estimate of drug-likeness (QED) is 0.140. The van der Waals surface area contributed by atoms with Crippen molar-refractivity contribution < 1.29 is 9.15 Å². The van der Waals surface area contributed by atoms with Crippen molar-refractivity contribution in [2.75, 3.05) is 16.0 Å². The standard InChI is InChI=1S/C47H29NS2.C43H27NO2.C41H25NS2.CH4/c1-2-13-31-29(12-1)24-26-40(48-39-20-11-23-44-46(39)34-16-5-9-21-41(34)49-44)45(31)30-25-27-43-38(28-30)47(37-19-8-10-22-42(37)50-43)35-17-6-3-14-32(35)33-15-4-7-18-36(33)47;1-4-13-33-30(10-1)31-11-2-5-14-34(31)43(33)35-15-6-8-18-39(35)46-41-26-28(22-25-36(41)43)27-20-23-29(24-21-27)44-37-16-9-19-40-42(37)32-12-3-7-17-38(32)45-40;1-2-11-26-23-39-33(22-25(26)10-1)41(31-15-6-3-12-28(31)29-13-4-7-16-32(29)41)34-24-27(20-21-37(34)44-39)42-35-17-9-19-38-40(35)30-14-5-8-18-36(30)43-38;/h1-28,48H;1-26,44H;1-24,42H;1H4. The summed E-state index contributed by atoms with van der Waals surface area (Å²) in [4.78, 5) is 5.27. The summed E-state index contributed by atoms with van der Waals surface area (Å²) in [6.45, 7) is 0. The Labute approximate surface area is 832 Å². The van der Waals surface area contributed by atoms with E-state index in [0.717, 1.165) is 78.7 Å². The second-order valence-corrected chi connectivity index (χ2v) is 41.5. The fraction of sp³-hybridized carbons (Fsp3) is 0.0303. The van der Waals surface area contributed by atoms with Crippen LogP contribution < -0.4 is 20.7 Å². The van der Waals surface area contributed by atoms with Crippen LogP contribution in [0.15, 0.2) is 497 Å². The fourth-order valence-corrected chi connectivity index (χ4v) is 28.9. The number of fused-ring (bicyclic) bond motifs is 38. The van der Waals surface area contributed by atoms with Crippen molar-refractivity contribution in [1.82, 2.24) is 0 Å². The van der Waals surface area contributed by atoms with Crippen molar-refractivity contribution in [2.45, 2.75) is 43.3 Å². The van der Waals surface area contributed by atoms with Gasteiger partial charge in [0.2, 0.25) is 0 Å². The molecule has 0 atom stereocenters. The number of ether oxygens (including phenoxy) is 1.